The number of carbonyl (C=O) groups is 5. The molecular weight excluding hydrogens is 2190 g/mol. The molecule has 3 amide bonds. The molecule has 4 aromatic heterocycles. The van der Waals surface area contributed by atoms with E-state index < -0.39 is 0 Å². The quantitative estimate of drug-likeness (QED) is 0.0112. The van der Waals surface area contributed by atoms with E-state index in [0.29, 0.717) is 31.6 Å². The van der Waals surface area contributed by atoms with Crippen LogP contribution in [0, 0.1) is 20.8 Å². The number of nitrogens with zero attached hydrogens (tertiary/aromatic N) is 6. The molecule has 0 bridgehead atoms. The number of aromatic nitrogens is 4. The minimum atomic E-state index is -0.347. The Hall–Kier alpha value is -2.99. The number of hydroxylamine groups is 2. The van der Waals surface area contributed by atoms with Gasteiger partial charge in [-0.3, -0.25) is 34.1 Å². The summed E-state index contributed by atoms with van der Waals surface area (Å²) in [6.45, 7) is 30.1. The predicted octanol–water partition coefficient (Wildman–Crippen LogP) is 20.2. The molecule has 37 heteroatoms. The van der Waals surface area contributed by atoms with Crippen LogP contribution in [0.25, 0.3) is 24.0 Å². The number of hydrogen-bond donors (Lipinski definition) is 6. The normalized spacial score (nSPS) is 11.5. The Balaban J connectivity index is -0.000000216. The first-order chi connectivity index (χ1) is 49.8. The molecule has 10 N–H and O–H groups in total. The summed E-state index contributed by atoms with van der Waals surface area (Å²) in [6.07, 6.45) is 19.1. The fourth-order valence-electron chi connectivity index (χ4n) is 6.29. The fourth-order valence-corrected chi connectivity index (χ4v) is 13.4. The van der Waals surface area contributed by atoms with E-state index >= 15 is 0 Å². The monoisotopic (exact) mass is 2270 g/mol. The summed E-state index contributed by atoms with van der Waals surface area (Å²) in [5.41, 5.74) is 24.6. The van der Waals surface area contributed by atoms with Gasteiger partial charge in [-0.25, -0.2) is 25.0 Å². The Kier molecular flexibility index (Phi) is 78.3. The maximum absolute atomic E-state index is 11.9. The van der Waals surface area contributed by atoms with Gasteiger partial charge in [0, 0.05) is 95.3 Å². The number of alkyl halides is 1. The van der Waals surface area contributed by atoms with E-state index in [0.717, 1.165) is 90.2 Å². The molecule has 2 aromatic carbocycles. The summed E-state index contributed by atoms with van der Waals surface area (Å²) >= 11 is 52.3. The number of amides is 3. The molecule has 0 atom stereocenters. The van der Waals surface area contributed by atoms with Crippen LogP contribution in [0.1, 0.15) is 169 Å². The van der Waals surface area contributed by atoms with Crippen LogP contribution in [0.5, 0.6) is 0 Å². The molecule has 0 unspecified atom stereocenters. The van der Waals surface area contributed by atoms with Crippen molar-refractivity contribution in [3.63, 3.8) is 0 Å². The first-order valence-corrected chi connectivity index (χ1v) is 45.3. The van der Waals surface area contributed by atoms with E-state index in [-0.39, 0.29) is 82.0 Å². The topological polar surface area (TPSA) is 306 Å². The molecule has 4 heterocycles. The number of ketones is 2. The molecule has 594 valence electrons. The number of thiazole rings is 4. The van der Waals surface area contributed by atoms with Gasteiger partial charge in [-0.15, -0.1) is 34.0 Å². The third-order valence-corrected chi connectivity index (χ3v) is 21.5. The summed E-state index contributed by atoms with van der Waals surface area (Å²) < 4.78 is 8.35. The van der Waals surface area contributed by atoms with E-state index in [9.17, 15) is 24.0 Å². The maximum Gasteiger partial charge on any atom is 1.00 e. The molecule has 109 heavy (non-hydrogen) atoms. The Labute approximate surface area is 780 Å². The molecule has 19 nitrogen and oxygen atoms in total. The number of rotatable bonds is 14. The Morgan fingerprint density at radius 2 is 1.06 bits per heavy atom. The summed E-state index contributed by atoms with van der Waals surface area (Å²) in [5.74, 6) is -0.618. The molecular formula is C72H91Br10N12NaO7S7. The number of benzene rings is 2. The number of aliphatic imine (C=N–C) groups is 1. The van der Waals surface area contributed by atoms with E-state index in [2.05, 4.69) is 226 Å². The van der Waals surface area contributed by atoms with Gasteiger partial charge in [-0.1, -0.05) is 177 Å². The third-order valence-electron chi connectivity index (χ3n) is 11.4. The standard InChI is InChI=1S/C14H15BrN2OS.C9H9Br2NOS.C9H10BrNOS.C8H5NOS.C7H9BrN2S.C7H11BrN2S.C7H8BrNS.C6H10BrN.C4H9NO2.CH4.Br2.Na.H2O/c1-3-12(9-10(2)15)16-14(19)17-13(18)11-7-5-4-6-8-11;1-3-6(11)8-5(2)12-9(14-8)7(13)4-10;1-4-7(10)8-5(2)11-9(13-8)6(3)12;10-8(9-6-11)7-4-2-1-3-5-7;1-3-5-6(4(2)8)11-7(9)10-5;1-3-6(4-5(2)8)10-7(9)11;1-3-6(8)7-5(2)9-4-10-7;1-3-6(8)4-5(2)7;1-4(6)5(2)7-3;;1-2;;/h3-9H,1-2H3,(H2,16,17,18,19);3H,4H2,1-2H3;4H,1-3H3;1-5H;3H,1-2H3,(H2,9,10);3-4H,1-2H3,(H3,9,10,11);3-4H,1-2H3;3-4H,8H2,1-2H3;1-3H3;1H4;;;1H2/q;;;;;;;;;;;+1;/p-1/b10-9+,12-3+;6-3+;7-4+;;5-3+,6-4-;5-4+,6-3+;6-3+;5-4+,6-3+;;;;;. The van der Waals surface area contributed by atoms with Crippen molar-refractivity contribution >= 4 is 312 Å². The number of nitrogens with one attached hydrogen (secondary N) is 3. The fraction of sp³-hybridized carbons (Fsp3) is 0.278. The largest absolute Gasteiger partial charge is 1.00 e. The van der Waals surface area contributed by atoms with E-state index in [4.69, 9.17) is 29.4 Å². The average molecular weight is 2280 g/mol. The molecule has 0 radical (unpaired) electrons. The maximum atomic E-state index is 11.9. The number of carbonyl (C=O) groups excluding carboxylic acids is 5. The summed E-state index contributed by atoms with van der Waals surface area (Å²) in [5, 5.41) is 15.2. The number of anilines is 1. The van der Waals surface area contributed by atoms with E-state index in [1.807, 2.05) is 180 Å². The minimum Gasteiger partial charge on any atom is -0.870 e. The zero-order chi connectivity index (χ0) is 82.4. The number of allylic oxidation sites excluding steroid dienone is 12. The van der Waals surface area contributed by atoms with Gasteiger partial charge in [-0.2, -0.15) is 4.99 Å². The van der Waals surface area contributed by atoms with Crippen molar-refractivity contribution in [3.8, 4) is 0 Å². The Bertz CT molecular complexity index is 4250. The van der Waals surface area contributed by atoms with Crippen molar-refractivity contribution in [1.29, 1.82) is 0 Å². The third kappa shape index (κ3) is 56.8. The van der Waals surface area contributed by atoms with Crippen LogP contribution >= 0.6 is 238 Å². The van der Waals surface area contributed by atoms with Crippen molar-refractivity contribution in [3.05, 3.63) is 214 Å². The van der Waals surface area contributed by atoms with Crippen LogP contribution in [0.3, 0.4) is 0 Å². The van der Waals surface area contributed by atoms with Gasteiger partial charge in [0.1, 0.15) is 0 Å². The zero-order valence-electron chi connectivity index (χ0n) is 62.8. The second-order valence-electron chi connectivity index (χ2n) is 19.6. The van der Waals surface area contributed by atoms with Crippen molar-refractivity contribution < 1.29 is 63.8 Å². The number of nitrogen functional groups attached to an aromatic ring is 1. The van der Waals surface area contributed by atoms with Crippen LogP contribution in [0.2, 0.25) is 0 Å². The first kappa shape index (κ1) is 119. The van der Waals surface area contributed by atoms with Gasteiger partial charge in [0.05, 0.1) is 64.7 Å². The number of thiocarbonyl (C=S) groups is 3. The number of nitrogens with two attached hydrogens (primary N) is 3. The predicted molar refractivity (Wildman–Crippen MR) is 511 cm³/mol. The number of hydrogen-bond acceptors (Lipinski definition) is 20. The van der Waals surface area contributed by atoms with Crippen LogP contribution in [-0.4, -0.2) is 94.6 Å². The van der Waals surface area contributed by atoms with Crippen LogP contribution < -0.4 is 72.6 Å². The van der Waals surface area contributed by atoms with Crippen molar-refractivity contribution in [2.45, 2.75) is 118 Å². The van der Waals surface area contributed by atoms with Crippen LogP contribution in [-0.2, 0) is 9.63 Å². The minimum absolute atomic E-state index is 0. The van der Waals surface area contributed by atoms with Gasteiger partial charge in [-0.05, 0) is 237 Å². The summed E-state index contributed by atoms with van der Waals surface area (Å²) in [4.78, 5) is 83.1. The van der Waals surface area contributed by atoms with Gasteiger partial charge >= 0.3 is 29.6 Å². The van der Waals surface area contributed by atoms with Gasteiger partial charge in [0.25, 0.3) is 11.8 Å². The molecule has 0 saturated heterocycles. The molecule has 0 aliphatic rings. The second-order valence-corrected chi connectivity index (χ2v) is 32.5. The molecule has 0 spiro atoms. The molecule has 0 aliphatic heterocycles. The summed E-state index contributed by atoms with van der Waals surface area (Å²) in [6, 6.07) is 17.7. The Morgan fingerprint density at radius 1 is 0.624 bits per heavy atom. The van der Waals surface area contributed by atoms with Crippen molar-refractivity contribution in [2.24, 2.45) is 16.5 Å². The molecule has 0 fully saturated rings. The van der Waals surface area contributed by atoms with Gasteiger partial charge in [0.15, 0.2) is 31.2 Å². The van der Waals surface area contributed by atoms with Crippen LogP contribution in [0.15, 0.2) is 156 Å². The number of isothiocyanates is 1. The number of aryl methyl sites for hydroxylation is 3. The van der Waals surface area contributed by atoms with Gasteiger partial charge < -0.3 is 33.3 Å². The molecule has 6 aromatic rings. The molecule has 0 saturated carbocycles. The summed E-state index contributed by atoms with van der Waals surface area (Å²) in [7, 11) is 3.00. The van der Waals surface area contributed by atoms with Gasteiger partial charge in [0.2, 0.25) is 11.7 Å². The average Bonchev–Trinajstić information content (AvgIpc) is 1.73. The molecule has 6 rings (SSSR count). The smallest absolute Gasteiger partial charge is 0.870 e. The molecule has 0 aliphatic carbocycles. The zero-order valence-corrected chi connectivity index (χ0v) is 86.4. The van der Waals surface area contributed by atoms with E-state index in [1.165, 1.54) is 59.8 Å². The second kappa shape index (κ2) is 71.5. The first-order valence-electron chi connectivity index (χ1n) is 30.4. The van der Waals surface area contributed by atoms with E-state index in [1.54, 1.807) is 66.9 Å². The Morgan fingerprint density at radius 3 is 1.37 bits per heavy atom. The van der Waals surface area contributed by atoms with Crippen molar-refractivity contribution in [1.82, 2.24) is 40.9 Å². The SMILES string of the molecule is BrBr.C.C/C=C(/Br)c1sc(C(=O)CBr)nc1C.C/C=C(/Br)c1sc(C(C)=O)nc1C.C/C=C(/Br)c1scnc1C.C/C=C(N)\C=C(/C)Br.C/C=C(\C=C(/C)Br)NC(=S)NC(=O)c1ccccc1.C/C=C(\C=C(/C)Br)NC(N)=S.C/C=c1/nc(N)s/c1=C(/C)Br.CON(C)C(C)=O.O=C(N=C=S)c1ccccc1.[Na+].[OH-]. The number of halogens is 10. The number of Topliss-reactive ketones (excluding diaryl/α,β-unsaturated/α-hetero) is 2. The van der Waals surface area contributed by atoms with Crippen molar-refractivity contribution in [2.75, 3.05) is 25.2 Å². The van der Waals surface area contributed by atoms with Crippen LogP contribution in [0.4, 0.5) is 5.13 Å².